The molecule has 0 unspecified atom stereocenters. The summed E-state index contributed by atoms with van der Waals surface area (Å²) in [5, 5.41) is 9.40. The van der Waals surface area contributed by atoms with Gasteiger partial charge < -0.3 is 22.5 Å². The van der Waals surface area contributed by atoms with Crippen LogP contribution in [0, 0.1) is 5.41 Å². The molecule has 78 valence electrons. The van der Waals surface area contributed by atoms with Crippen LogP contribution in [0.3, 0.4) is 0 Å². The summed E-state index contributed by atoms with van der Waals surface area (Å²) in [6.45, 7) is 0.538. The summed E-state index contributed by atoms with van der Waals surface area (Å²) in [6.07, 6.45) is 1.18. The molecule has 6 nitrogen and oxygen atoms in total. The zero-order chi connectivity index (χ0) is 9.56. The van der Waals surface area contributed by atoms with Crippen molar-refractivity contribution in [3.05, 3.63) is 0 Å². The molecule has 0 spiro atoms. The summed E-state index contributed by atoms with van der Waals surface area (Å²) in [7, 11) is 0. The monoisotopic (exact) mass is 209 g/mol. The molecule has 0 fully saturated rings. The zero-order valence-corrected chi connectivity index (χ0v) is 8.06. The van der Waals surface area contributed by atoms with Crippen LogP contribution < -0.4 is 22.5 Å². The van der Waals surface area contributed by atoms with E-state index in [-0.39, 0.29) is 18.4 Å². The van der Waals surface area contributed by atoms with Crippen LogP contribution in [-0.2, 0) is 4.79 Å². The standard InChI is InChI=1S/C6H15N5O.ClH/c7-4(5(8)12)2-1-3-11-6(9)10;/h4H,1-3,7H2,(H2,8,12)(H4,9,10,11);1H/t4-;/m1./s1. The van der Waals surface area contributed by atoms with Gasteiger partial charge in [-0.05, 0) is 12.8 Å². The fourth-order valence-corrected chi connectivity index (χ4v) is 0.687. The normalized spacial score (nSPS) is 11.2. The molecule has 13 heavy (non-hydrogen) atoms. The summed E-state index contributed by atoms with van der Waals surface area (Å²) in [6, 6.07) is -0.598. The van der Waals surface area contributed by atoms with Crippen molar-refractivity contribution in [2.45, 2.75) is 18.9 Å². The van der Waals surface area contributed by atoms with E-state index in [4.69, 9.17) is 22.6 Å². The van der Waals surface area contributed by atoms with Gasteiger partial charge >= 0.3 is 0 Å². The van der Waals surface area contributed by atoms with Gasteiger partial charge in [-0.2, -0.15) is 0 Å². The number of hydrogen-bond acceptors (Lipinski definition) is 3. The first kappa shape index (κ1) is 14.5. The van der Waals surface area contributed by atoms with Gasteiger partial charge in [0, 0.05) is 6.54 Å². The van der Waals surface area contributed by atoms with Gasteiger partial charge in [-0.25, -0.2) is 0 Å². The van der Waals surface area contributed by atoms with Crippen LogP contribution in [0.2, 0.25) is 0 Å². The topological polar surface area (TPSA) is 131 Å². The third kappa shape index (κ3) is 8.90. The Bertz CT molecular complexity index is 174. The van der Waals surface area contributed by atoms with Gasteiger partial charge in [0.1, 0.15) is 0 Å². The van der Waals surface area contributed by atoms with Crippen molar-refractivity contribution in [2.75, 3.05) is 6.54 Å². The fourth-order valence-electron chi connectivity index (χ4n) is 0.687. The van der Waals surface area contributed by atoms with Crippen molar-refractivity contribution in [1.82, 2.24) is 5.32 Å². The lowest BCUT2D eigenvalue weighted by molar-refractivity contribution is -0.119. The first-order valence-corrected chi connectivity index (χ1v) is 3.67. The Labute approximate surface area is 83.1 Å². The average Bonchev–Trinajstić information content (AvgIpc) is 1.97. The number of carbonyl (C=O) groups excluding carboxylic acids is 1. The summed E-state index contributed by atoms with van der Waals surface area (Å²) < 4.78 is 0. The number of primary amides is 1. The lowest BCUT2D eigenvalue weighted by Gasteiger charge is -2.07. The number of hydrogen-bond donors (Lipinski definition) is 5. The molecule has 0 saturated heterocycles. The highest BCUT2D eigenvalue weighted by Crippen LogP contribution is 1.91. The molecule has 8 N–H and O–H groups in total. The van der Waals surface area contributed by atoms with Crippen molar-refractivity contribution in [3.8, 4) is 0 Å². The first-order chi connectivity index (χ1) is 5.54. The molecule has 0 aromatic carbocycles. The molecular weight excluding hydrogens is 194 g/mol. The van der Waals surface area contributed by atoms with E-state index < -0.39 is 11.9 Å². The Balaban J connectivity index is 0. The van der Waals surface area contributed by atoms with Crippen molar-refractivity contribution in [3.63, 3.8) is 0 Å². The summed E-state index contributed by atoms with van der Waals surface area (Å²) >= 11 is 0. The fraction of sp³-hybridized carbons (Fsp3) is 0.667. The number of halogens is 1. The number of nitrogens with two attached hydrogens (primary N) is 3. The molecule has 0 aliphatic rings. The van der Waals surface area contributed by atoms with E-state index in [0.717, 1.165) is 0 Å². The summed E-state index contributed by atoms with van der Waals surface area (Å²) in [5.74, 6) is -0.583. The molecule has 0 saturated carbocycles. The lowest BCUT2D eigenvalue weighted by Crippen LogP contribution is -2.37. The predicted octanol–water partition coefficient (Wildman–Crippen LogP) is -1.52. The van der Waals surface area contributed by atoms with Crippen LogP contribution in [0.25, 0.3) is 0 Å². The van der Waals surface area contributed by atoms with E-state index in [2.05, 4.69) is 5.32 Å². The molecule has 0 aliphatic carbocycles. The summed E-state index contributed by atoms with van der Waals surface area (Å²) in [4.78, 5) is 10.4. The van der Waals surface area contributed by atoms with E-state index in [1.165, 1.54) is 0 Å². The van der Waals surface area contributed by atoms with Gasteiger partial charge in [-0.1, -0.05) is 0 Å². The molecule has 0 heterocycles. The van der Waals surface area contributed by atoms with Crippen molar-refractivity contribution >= 4 is 24.3 Å². The zero-order valence-electron chi connectivity index (χ0n) is 7.25. The minimum Gasteiger partial charge on any atom is -0.370 e. The van der Waals surface area contributed by atoms with Crippen molar-refractivity contribution in [2.24, 2.45) is 17.2 Å². The predicted molar refractivity (Wildman–Crippen MR) is 53.6 cm³/mol. The van der Waals surface area contributed by atoms with Crippen LogP contribution >= 0.6 is 12.4 Å². The highest BCUT2D eigenvalue weighted by Gasteiger charge is 2.07. The SMILES string of the molecule is Cl.N=C(N)NCCC[C@@H](N)C(N)=O. The van der Waals surface area contributed by atoms with Crippen molar-refractivity contribution < 1.29 is 4.79 Å². The minimum absolute atomic E-state index is 0. The number of nitrogens with one attached hydrogen (secondary N) is 2. The van der Waals surface area contributed by atoms with E-state index in [9.17, 15) is 4.79 Å². The molecule has 0 rings (SSSR count). The number of carbonyl (C=O) groups is 1. The molecule has 0 aromatic rings. The Kier molecular flexibility index (Phi) is 8.52. The van der Waals surface area contributed by atoms with Gasteiger partial charge in [0.15, 0.2) is 5.96 Å². The van der Waals surface area contributed by atoms with Crippen molar-refractivity contribution in [1.29, 1.82) is 5.41 Å². The van der Waals surface area contributed by atoms with Gasteiger partial charge in [0.05, 0.1) is 6.04 Å². The second-order valence-electron chi connectivity index (χ2n) is 2.49. The van der Waals surface area contributed by atoms with Crippen LogP contribution in [0.1, 0.15) is 12.8 Å². The lowest BCUT2D eigenvalue weighted by atomic mass is 10.1. The average molecular weight is 210 g/mol. The van der Waals surface area contributed by atoms with Crippen LogP contribution in [-0.4, -0.2) is 24.5 Å². The van der Waals surface area contributed by atoms with Crippen LogP contribution in [0.15, 0.2) is 0 Å². The van der Waals surface area contributed by atoms with E-state index in [0.29, 0.717) is 19.4 Å². The third-order valence-electron chi connectivity index (χ3n) is 1.37. The number of amides is 1. The molecule has 0 bridgehead atoms. The number of guanidine groups is 1. The minimum atomic E-state index is -0.598. The van der Waals surface area contributed by atoms with Crippen LogP contribution in [0.5, 0.6) is 0 Å². The van der Waals surface area contributed by atoms with Gasteiger partial charge in [-0.3, -0.25) is 10.2 Å². The largest absolute Gasteiger partial charge is 0.370 e. The maximum Gasteiger partial charge on any atom is 0.234 e. The highest BCUT2D eigenvalue weighted by molar-refractivity contribution is 5.85. The van der Waals surface area contributed by atoms with Gasteiger partial charge in [-0.15, -0.1) is 12.4 Å². The van der Waals surface area contributed by atoms with Gasteiger partial charge in [0.25, 0.3) is 0 Å². The highest BCUT2D eigenvalue weighted by atomic mass is 35.5. The second kappa shape index (κ2) is 7.63. The molecule has 7 heteroatoms. The molecule has 1 atom stereocenters. The maximum absolute atomic E-state index is 10.4. The second-order valence-corrected chi connectivity index (χ2v) is 2.49. The molecular formula is C6H16ClN5O. The molecule has 1 amide bonds. The molecule has 0 radical (unpaired) electrons. The first-order valence-electron chi connectivity index (χ1n) is 3.67. The summed E-state index contributed by atoms with van der Waals surface area (Å²) in [5.41, 5.74) is 15.3. The molecule has 0 aromatic heterocycles. The Morgan fingerprint density at radius 2 is 2.00 bits per heavy atom. The smallest absolute Gasteiger partial charge is 0.234 e. The molecule has 0 aliphatic heterocycles. The third-order valence-corrected chi connectivity index (χ3v) is 1.37. The Morgan fingerprint density at radius 1 is 1.46 bits per heavy atom. The van der Waals surface area contributed by atoms with E-state index in [1.54, 1.807) is 0 Å². The van der Waals surface area contributed by atoms with Gasteiger partial charge in [0.2, 0.25) is 5.91 Å². The maximum atomic E-state index is 10.4. The Hall–Kier alpha value is -1.01. The quantitative estimate of drug-likeness (QED) is 0.214. The van der Waals surface area contributed by atoms with E-state index >= 15 is 0 Å². The number of rotatable bonds is 5. The van der Waals surface area contributed by atoms with Crippen LogP contribution in [0.4, 0.5) is 0 Å². The Morgan fingerprint density at radius 3 is 2.38 bits per heavy atom. The van der Waals surface area contributed by atoms with E-state index in [1.807, 2.05) is 0 Å².